The Morgan fingerprint density at radius 3 is 2.55 bits per heavy atom. The zero-order valence-electron chi connectivity index (χ0n) is 6.83. The minimum absolute atomic E-state index is 0. The van der Waals surface area contributed by atoms with Crippen molar-refractivity contribution in [1.29, 1.82) is 0 Å². The van der Waals surface area contributed by atoms with Crippen LogP contribution in [0.5, 0.6) is 0 Å². The minimum atomic E-state index is 0. The number of pyridine rings is 1. The van der Waals surface area contributed by atoms with E-state index < -0.39 is 0 Å². The monoisotopic (exact) mass is 192 g/mol. The van der Waals surface area contributed by atoms with Gasteiger partial charge in [-0.2, -0.15) is 11.6 Å². The van der Waals surface area contributed by atoms with Crippen LogP contribution in [-0.4, -0.2) is 4.98 Å². The molecule has 2 heteroatoms. The van der Waals surface area contributed by atoms with Crippen molar-refractivity contribution in [3.05, 3.63) is 29.6 Å². The molecule has 0 aliphatic carbocycles. The normalized spacial score (nSPS) is 8.91. The Hall–Kier alpha value is -0.356. The summed E-state index contributed by atoms with van der Waals surface area (Å²) in [7, 11) is 0. The summed E-state index contributed by atoms with van der Waals surface area (Å²) in [6.45, 7) is 4.29. The molecule has 0 aromatic carbocycles. The predicted molar refractivity (Wildman–Crippen MR) is 41.8 cm³/mol. The van der Waals surface area contributed by atoms with Gasteiger partial charge in [0.25, 0.3) is 0 Å². The van der Waals surface area contributed by atoms with Gasteiger partial charge < -0.3 is 4.98 Å². The standard InChI is InChI=1S/C9H12N.Ni/c1-3-8-5-6-10-7-9(8)4-2;/h5-6H,3-4H2,1-2H3;/q-1;. The Labute approximate surface area is 78.2 Å². The molecule has 1 nitrogen and oxygen atoms in total. The number of hydrogen-bond donors (Lipinski definition) is 0. The third-order valence-corrected chi connectivity index (χ3v) is 1.67. The summed E-state index contributed by atoms with van der Waals surface area (Å²) in [4.78, 5) is 3.94. The van der Waals surface area contributed by atoms with Crippen LogP contribution in [0.15, 0.2) is 12.3 Å². The molecule has 1 rings (SSSR count). The van der Waals surface area contributed by atoms with Gasteiger partial charge in [-0.1, -0.05) is 39.1 Å². The van der Waals surface area contributed by atoms with E-state index in [2.05, 4.69) is 31.1 Å². The SMILES string of the molecule is CCc1[c-]nccc1CC.[Ni]. The van der Waals surface area contributed by atoms with Gasteiger partial charge in [0.2, 0.25) is 0 Å². The first-order chi connectivity index (χ1) is 4.88. The predicted octanol–water partition coefficient (Wildman–Crippen LogP) is 2.00. The fourth-order valence-corrected chi connectivity index (χ4v) is 1.05. The van der Waals surface area contributed by atoms with Crippen LogP contribution < -0.4 is 0 Å². The maximum atomic E-state index is 3.94. The molecule has 0 bridgehead atoms. The van der Waals surface area contributed by atoms with Gasteiger partial charge in [0.1, 0.15) is 0 Å². The molecule has 0 aliphatic rings. The van der Waals surface area contributed by atoms with Crippen LogP contribution in [0, 0.1) is 6.20 Å². The average Bonchev–Trinajstić information content (AvgIpc) is 2.04. The number of aromatic nitrogens is 1. The summed E-state index contributed by atoms with van der Waals surface area (Å²) in [5, 5.41) is 0. The Balaban J connectivity index is 0.000001000. The number of rotatable bonds is 2. The fourth-order valence-electron chi connectivity index (χ4n) is 1.05. The largest absolute Gasteiger partial charge is 0.394 e. The van der Waals surface area contributed by atoms with Crippen molar-refractivity contribution in [3.63, 3.8) is 0 Å². The van der Waals surface area contributed by atoms with E-state index in [4.69, 9.17) is 0 Å². The quantitative estimate of drug-likeness (QED) is 0.516. The van der Waals surface area contributed by atoms with Crippen LogP contribution in [0.25, 0.3) is 0 Å². The molecule has 0 atom stereocenters. The molecule has 64 valence electrons. The summed E-state index contributed by atoms with van der Waals surface area (Å²) in [5.41, 5.74) is 2.63. The Kier molecular flexibility index (Phi) is 5.14. The zero-order valence-corrected chi connectivity index (χ0v) is 7.82. The fraction of sp³-hybridized carbons (Fsp3) is 0.444. The first-order valence-electron chi connectivity index (χ1n) is 3.73. The van der Waals surface area contributed by atoms with Gasteiger partial charge in [0, 0.05) is 16.5 Å². The van der Waals surface area contributed by atoms with Crippen LogP contribution in [0.1, 0.15) is 25.0 Å². The van der Waals surface area contributed by atoms with Gasteiger partial charge in [-0.05, 0) is 0 Å². The molecule has 0 N–H and O–H groups in total. The van der Waals surface area contributed by atoms with Gasteiger partial charge in [-0.15, -0.1) is 5.56 Å². The topological polar surface area (TPSA) is 12.9 Å². The van der Waals surface area contributed by atoms with E-state index in [1.54, 1.807) is 6.20 Å². The van der Waals surface area contributed by atoms with Gasteiger partial charge in [-0.3, -0.25) is 0 Å². The van der Waals surface area contributed by atoms with Crippen molar-refractivity contribution in [2.24, 2.45) is 0 Å². The maximum absolute atomic E-state index is 3.94. The molecule has 0 aliphatic heterocycles. The van der Waals surface area contributed by atoms with E-state index in [1.807, 2.05) is 0 Å². The Morgan fingerprint density at radius 1 is 1.36 bits per heavy atom. The molecule has 1 aromatic rings. The van der Waals surface area contributed by atoms with Crippen molar-refractivity contribution in [2.45, 2.75) is 26.7 Å². The van der Waals surface area contributed by atoms with E-state index in [1.165, 1.54) is 11.1 Å². The van der Waals surface area contributed by atoms with Crippen molar-refractivity contribution >= 4 is 0 Å². The summed E-state index contributed by atoms with van der Waals surface area (Å²) in [6, 6.07) is 2.06. The second kappa shape index (κ2) is 5.31. The average molecular weight is 193 g/mol. The summed E-state index contributed by atoms with van der Waals surface area (Å²) >= 11 is 0. The van der Waals surface area contributed by atoms with E-state index in [0.717, 1.165) is 12.8 Å². The number of nitrogens with zero attached hydrogens (tertiary/aromatic N) is 1. The molecule has 0 spiro atoms. The van der Waals surface area contributed by atoms with E-state index in [9.17, 15) is 0 Å². The molecule has 1 aromatic heterocycles. The van der Waals surface area contributed by atoms with Crippen molar-refractivity contribution in [3.8, 4) is 0 Å². The first kappa shape index (κ1) is 10.6. The zero-order chi connectivity index (χ0) is 7.40. The second-order valence-electron chi connectivity index (χ2n) is 2.27. The van der Waals surface area contributed by atoms with Gasteiger partial charge in [0.05, 0.1) is 0 Å². The molecular weight excluding hydrogens is 181 g/mol. The second-order valence-corrected chi connectivity index (χ2v) is 2.27. The first-order valence-corrected chi connectivity index (χ1v) is 3.73. The molecule has 0 saturated heterocycles. The smallest absolute Gasteiger partial charge is 0 e. The molecule has 0 unspecified atom stereocenters. The van der Waals surface area contributed by atoms with E-state index in [-0.39, 0.29) is 16.5 Å². The summed E-state index contributed by atoms with van der Waals surface area (Å²) in [5.74, 6) is 0. The van der Waals surface area contributed by atoms with Crippen LogP contribution in [0.4, 0.5) is 0 Å². The molecular formula is C9H12NNi-. The molecule has 0 radical (unpaired) electrons. The molecule has 0 saturated carbocycles. The van der Waals surface area contributed by atoms with Crippen LogP contribution in [0.2, 0.25) is 0 Å². The van der Waals surface area contributed by atoms with Gasteiger partial charge >= 0.3 is 0 Å². The van der Waals surface area contributed by atoms with Crippen molar-refractivity contribution in [2.75, 3.05) is 0 Å². The minimum Gasteiger partial charge on any atom is -0.394 e. The third kappa shape index (κ3) is 2.63. The maximum Gasteiger partial charge on any atom is 0 e. The van der Waals surface area contributed by atoms with Gasteiger partial charge in [0.15, 0.2) is 0 Å². The molecule has 11 heavy (non-hydrogen) atoms. The van der Waals surface area contributed by atoms with Crippen molar-refractivity contribution in [1.82, 2.24) is 4.98 Å². The third-order valence-electron chi connectivity index (χ3n) is 1.67. The molecule has 1 heterocycles. The van der Waals surface area contributed by atoms with Crippen molar-refractivity contribution < 1.29 is 16.5 Å². The van der Waals surface area contributed by atoms with Crippen LogP contribution in [0.3, 0.4) is 0 Å². The number of hydrogen-bond acceptors (Lipinski definition) is 1. The van der Waals surface area contributed by atoms with E-state index in [0.29, 0.717) is 0 Å². The summed E-state index contributed by atoms with van der Waals surface area (Å²) in [6.07, 6.45) is 6.92. The van der Waals surface area contributed by atoms with Crippen LogP contribution >= 0.6 is 0 Å². The Morgan fingerprint density at radius 2 is 2.09 bits per heavy atom. The Bertz CT molecular complexity index is 187. The molecule has 0 amide bonds. The molecule has 0 fully saturated rings. The number of aryl methyl sites for hydroxylation is 2. The van der Waals surface area contributed by atoms with Gasteiger partial charge in [-0.25, -0.2) is 0 Å². The summed E-state index contributed by atoms with van der Waals surface area (Å²) < 4.78 is 0. The van der Waals surface area contributed by atoms with Crippen LogP contribution in [-0.2, 0) is 29.3 Å². The van der Waals surface area contributed by atoms with E-state index >= 15 is 0 Å².